The molecule has 2 aromatic carbocycles. The third-order valence-corrected chi connectivity index (χ3v) is 4.66. The van der Waals surface area contributed by atoms with Crippen LogP contribution in [0, 0.1) is 0 Å². The lowest BCUT2D eigenvalue weighted by Gasteiger charge is -2.14. The van der Waals surface area contributed by atoms with E-state index in [1.54, 1.807) is 26.4 Å². The summed E-state index contributed by atoms with van der Waals surface area (Å²) in [7, 11) is 3.15. The van der Waals surface area contributed by atoms with Gasteiger partial charge in [0.05, 0.1) is 37.8 Å². The van der Waals surface area contributed by atoms with E-state index in [1.165, 1.54) is 4.68 Å². The van der Waals surface area contributed by atoms with Crippen LogP contribution < -0.4 is 20.3 Å². The van der Waals surface area contributed by atoms with Gasteiger partial charge in [0.1, 0.15) is 0 Å². The Kier molecular flexibility index (Phi) is 6.16. The average Bonchev–Trinajstić information content (AvgIpc) is 2.73. The molecule has 7 nitrogen and oxygen atoms in total. The molecule has 0 aliphatic carbocycles. The van der Waals surface area contributed by atoms with E-state index in [0.717, 1.165) is 5.56 Å². The fraction of sp³-hybridized carbons (Fsp3) is 0.318. The predicted octanol–water partition coefficient (Wildman–Crippen LogP) is 2.85. The minimum atomic E-state index is -0.175. The van der Waals surface area contributed by atoms with Gasteiger partial charge in [-0.3, -0.25) is 9.59 Å². The number of nitrogens with zero attached hydrogens (tertiary/aromatic N) is 2. The highest BCUT2D eigenvalue weighted by Gasteiger charge is 2.15. The summed E-state index contributed by atoms with van der Waals surface area (Å²) in [4.78, 5) is 25.2. The molecule has 0 bridgehead atoms. The van der Waals surface area contributed by atoms with Gasteiger partial charge in [0.2, 0.25) is 5.91 Å². The Bertz CT molecular complexity index is 1090. The molecule has 0 atom stereocenters. The molecule has 0 aliphatic rings. The van der Waals surface area contributed by atoms with Crippen LogP contribution in [0.2, 0.25) is 0 Å². The van der Waals surface area contributed by atoms with Gasteiger partial charge >= 0.3 is 0 Å². The Balaban J connectivity index is 1.80. The van der Waals surface area contributed by atoms with Crippen LogP contribution in [0.3, 0.4) is 0 Å². The van der Waals surface area contributed by atoms with Crippen LogP contribution >= 0.6 is 0 Å². The third kappa shape index (κ3) is 4.39. The van der Waals surface area contributed by atoms with Crippen molar-refractivity contribution in [3.8, 4) is 11.5 Å². The van der Waals surface area contributed by atoms with Crippen molar-refractivity contribution in [2.75, 3.05) is 14.2 Å². The van der Waals surface area contributed by atoms with Crippen molar-refractivity contribution in [2.24, 2.45) is 0 Å². The summed E-state index contributed by atoms with van der Waals surface area (Å²) < 4.78 is 12.0. The Morgan fingerprint density at radius 1 is 1.07 bits per heavy atom. The molecule has 0 radical (unpaired) electrons. The van der Waals surface area contributed by atoms with Crippen LogP contribution in [0.5, 0.6) is 11.5 Å². The monoisotopic (exact) mass is 395 g/mol. The van der Waals surface area contributed by atoms with Gasteiger partial charge in [-0.15, -0.1) is 0 Å². The highest BCUT2D eigenvalue weighted by Crippen LogP contribution is 2.27. The van der Waals surface area contributed by atoms with Gasteiger partial charge in [0.15, 0.2) is 11.5 Å². The summed E-state index contributed by atoms with van der Waals surface area (Å²) in [6.07, 6.45) is 0.0841. The van der Waals surface area contributed by atoms with Crippen molar-refractivity contribution in [1.82, 2.24) is 15.1 Å². The molecule has 3 aromatic rings. The van der Waals surface area contributed by atoms with Crippen LogP contribution in [0.4, 0.5) is 0 Å². The normalized spacial score (nSPS) is 10.9. The number of hydrogen-bond acceptors (Lipinski definition) is 5. The van der Waals surface area contributed by atoms with Gasteiger partial charge in [-0.05, 0) is 37.6 Å². The molecular weight excluding hydrogens is 370 g/mol. The number of carbonyl (C=O) groups excluding carboxylic acids is 1. The van der Waals surface area contributed by atoms with Gasteiger partial charge in [0, 0.05) is 11.9 Å². The first kappa shape index (κ1) is 20.4. The molecule has 0 fully saturated rings. The van der Waals surface area contributed by atoms with Crippen molar-refractivity contribution < 1.29 is 14.3 Å². The second-order valence-corrected chi connectivity index (χ2v) is 6.98. The average molecular weight is 395 g/mol. The summed E-state index contributed by atoms with van der Waals surface area (Å²) in [5.74, 6) is 1.07. The largest absolute Gasteiger partial charge is 0.493 e. The molecule has 29 heavy (non-hydrogen) atoms. The van der Waals surface area contributed by atoms with Gasteiger partial charge < -0.3 is 14.8 Å². The topological polar surface area (TPSA) is 82.5 Å². The molecule has 1 aromatic heterocycles. The maximum Gasteiger partial charge on any atom is 0.274 e. The van der Waals surface area contributed by atoms with E-state index < -0.39 is 0 Å². The van der Waals surface area contributed by atoms with Crippen molar-refractivity contribution in [2.45, 2.75) is 32.9 Å². The zero-order valence-electron chi connectivity index (χ0n) is 17.1. The summed E-state index contributed by atoms with van der Waals surface area (Å²) in [5, 5.41) is 8.63. The number of aromatic nitrogens is 2. The fourth-order valence-electron chi connectivity index (χ4n) is 3.16. The molecule has 0 unspecified atom stereocenters. The van der Waals surface area contributed by atoms with E-state index in [9.17, 15) is 9.59 Å². The lowest BCUT2D eigenvalue weighted by molar-refractivity contribution is -0.120. The van der Waals surface area contributed by atoms with E-state index >= 15 is 0 Å². The Labute approximate surface area is 169 Å². The molecule has 0 saturated heterocycles. The number of hydrogen-bond donors (Lipinski definition) is 1. The lowest BCUT2D eigenvalue weighted by Crippen LogP contribution is -2.29. The highest BCUT2D eigenvalue weighted by molar-refractivity contribution is 5.88. The number of methoxy groups -OCH3 is 2. The Morgan fingerprint density at radius 3 is 2.41 bits per heavy atom. The Morgan fingerprint density at radius 2 is 1.76 bits per heavy atom. The molecule has 1 N–H and O–H groups in total. The number of benzene rings is 2. The van der Waals surface area contributed by atoms with Crippen LogP contribution in [0.15, 0.2) is 47.3 Å². The van der Waals surface area contributed by atoms with E-state index in [0.29, 0.717) is 34.5 Å². The lowest BCUT2D eigenvalue weighted by atomic mass is 10.1. The van der Waals surface area contributed by atoms with E-state index in [4.69, 9.17) is 9.47 Å². The summed E-state index contributed by atoms with van der Waals surface area (Å²) in [5.41, 5.74) is 1.32. The van der Waals surface area contributed by atoms with E-state index in [2.05, 4.69) is 10.4 Å². The molecular formula is C22H25N3O4. The summed E-state index contributed by atoms with van der Waals surface area (Å²) in [6.45, 7) is 4.13. The quantitative estimate of drug-likeness (QED) is 0.665. The standard InChI is InChI=1S/C22H25N3O4/c1-14(2)25-22(27)17-8-6-5-7-16(17)18(24-25)12-21(26)23-13-15-9-10-19(28-3)20(11-15)29-4/h5-11,14H,12-13H2,1-4H3,(H,23,26). The first-order chi connectivity index (χ1) is 13.9. The zero-order chi connectivity index (χ0) is 21.0. The van der Waals surface area contributed by atoms with Crippen LogP contribution in [-0.4, -0.2) is 29.9 Å². The fourth-order valence-corrected chi connectivity index (χ4v) is 3.16. The predicted molar refractivity (Wildman–Crippen MR) is 111 cm³/mol. The molecule has 1 heterocycles. The molecule has 7 heteroatoms. The highest BCUT2D eigenvalue weighted by atomic mass is 16.5. The minimum Gasteiger partial charge on any atom is -0.493 e. The van der Waals surface area contributed by atoms with Crippen LogP contribution in [0.1, 0.15) is 31.1 Å². The van der Waals surface area contributed by atoms with Crippen molar-refractivity contribution in [3.05, 3.63) is 64.1 Å². The number of amides is 1. The molecule has 0 saturated carbocycles. The van der Waals surface area contributed by atoms with Crippen LogP contribution in [0.25, 0.3) is 10.8 Å². The first-order valence-electron chi connectivity index (χ1n) is 9.42. The number of carbonyl (C=O) groups is 1. The minimum absolute atomic E-state index is 0.0841. The number of fused-ring (bicyclic) bond motifs is 1. The number of rotatable bonds is 7. The molecule has 0 spiro atoms. The third-order valence-electron chi connectivity index (χ3n) is 4.66. The van der Waals surface area contributed by atoms with Crippen molar-refractivity contribution in [1.29, 1.82) is 0 Å². The maximum absolute atomic E-state index is 12.6. The summed E-state index contributed by atoms with van der Waals surface area (Å²) >= 11 is 0. The smallest absolute Gasteiger partial charge is 0.274 e. The van der Waals surface area contributed by atoms with E-state index in [1.807, 2.05) is 44.2 Å². The zero-order valence-corrected chi connectivity index (χ0v) is 17.1. The van der Waals surface area contributed by atoms with Gasteiger partial charge in [-0.1, -0.05) is 24.3 Å². The van der Waals surface area contributed by atoms with Crippen molar-refractivity contribution >= 4 is 16.7 Å². The SMILES string of the molecule is COc1ccc(CNC(=O)Cc2nn(C(C)C)c(=O)c3ccccc23)cc1OC. The van der Waals surface area contributed by atoms with Gasteiger partial charge in [0.25, 0.3) is 5.56 Å². The molecule has 3 rings (SSSR count). The Hall–Kier alpha value is -3.35. The van der Waals surface area contributed by atoms with E-state index in [-0.39, 0.29) is 23.9 Å². The second kappa shape index (κ2) is 8.77. The van der Waals surface area contributed by atoms with Gasteiger partial charge in [-0.2, -0.15) is 5.10 Å². The first-order valence-corrected chi connectivity index (χ1v) is 9.42. The number of nitrogens with one attached hydrogen (secondary N) is 1. The summed E-state index contributed by atoms with van der Waals surface area (Å²) in [6, 6.07) is 12.6. The molecule has 0 aliphatic heterocycles. The molecule has 152 valence electrons. The number of ether oxygens (including phenoxy) is 2. The van der Waals surface area contributed by atoms with Crippen molar-refractivity contribution in [3.63, 3.8) is 0 Å². The molecule has 1 amide bonds. The van der Waals surface area contributed by atoms with Gasteiger partial charge in [-0.25, -0.2) is 4.68 Å². The second-order valence-electron chi connectivity index (χ2n) is 6.98. The maximum atomic E-state index is 12.6. The van der Waals surface area contributed by atoms with Crippen LogP contribution in [-0.2, 0) is 17.8 Å².